The Morgan fingerprint density at radius 3 is 2.68 bits per heavy atom. The number of benzene rings is 1. The van der Waals surface area contributed by atoms with Crippen molar-refractivity contribution >= 4 is 11.0 Å². The van der Waals surface area contributed by atoms with Crippen molar-refractivity contribution in [2.45, 2.75) is 64.0 Å². The minimum absolute atomic E-state index is 0.0902. The Balaban J connectivity index is 1.64. The SMILES string of the molecule is CNCc1cccc(Cn2nc(C3CCC3)c3c4c(c(=O)[nH]c32)CCCC4)c1. The number of hydrogen-bond donors (Lipinski definition) is 2. The van der Waals surface area contributed by atoms with E-state index in [9.17, 15) is 4.79 Å². The minimum atomic E-state index is 0.0902. The van der Waals surface area contributed by atoms with Gasteiger partial charge in [0.25, 0.3) is 5.56 Å². The molecule has 2 N–H and O–H groups in total. The Bertz CT molecular complexity index is 1070. The average Bonchev–Trinajstić information content (AvgIpc) is 2.99. The van der Waals surface area contributed by atoms with E-state index in [4.69, 9.17) is 5.10 Å². The fourth-order valence-corrected chi connectivity index (χ4v) is 4.82. The molecule has 1 saturated carbocycles. The Morgan fingerprint density at radius 2 is 1.93 bits per heavy atom. The first kappa shape index (κ1) is 17.7. The second-order valence-corrected chi connectivity index (χ2v) is 8.36. The zero-order chi connectivity index (χ0) is 19.1. The van der Waals surface area contributed by atoms with E-state index in [0.717, 1.165) is 37.0 Å². The van der Waals surface area contributed by atoms with Gasteiger partial charge >= 0.3 is 0 Å². The lowest BCUT2D eigenvalue weighted by molar-refractivity contribution is 0.408. The van der Waals surface area contributed by atoms with Crippen molar-refractivity contribution < 1.29 is 0 Å². The molecule has 0 amide bonds. The maximum Gasteiger partial charge on any atom is 0.253 e. The number of nitrogens with one attached hydrogen (secondary N) is 2. The van der Waals surface area contributed by atoms with Gasteiger partial charge in [0.1, 0.15) is 5.65 Å². The van der Waals surface area contributed by atoms with Crippen molar-refractivity contribution in [3.05, 3.63) is 62.6 Å². The third-order valence-corrected chi connectivity index (χ3v) is 6.45. The molecule has 2 aromatic heterocycles. The molecule has 1 fully saturated rings. The summed E-state index contributed by atoms with van der Waals surface area (Å²) in [4.78, 5) is 16.0. The molecule has 0 bridgehead atoms. The van der Waals surface area contributed by atoms with Crippen LogP contribution in [0.3, 0.4) is 0 Å². The second-order valence-electron chi connectivity index (χ2n) is 8.36. The zero-order valence-electron chi connectivity index (χ0n) is 16.6. The van der Waals surface area contributed by atoms with Gasteiger partial charge in [0.2, 0.25) is 0 Å². The van der Waals surface area contributed by atoms with Crippen LogP contribution in [-0.2, 0) is 25.9 Å². The summed E-state index contributed by atoms with van der Waals surface area (Å²) in [6, 6.07) is 8.61. The van der Waals surface area contributed by atoms with Gasteiger partial charge in [0.05, 0.1) is 12.2 Å². The molecule has 0 radical (unpaired) electrons. The molecule has 1 aromatic carbocycles. The normalized spacial score (nSPS) is 16.9. The van der Waals surface area contributed by atoms with Crippen LogP contribution in [0.15, 0.2) is 29.1 Å². The number of fused-ring (bicyclic) bond motifs is 3. The molecule has 2 aliphatic rings. The highest BCUT2D eigenvalue weighted by atomic mass is 16.1. The minimum Gasteiger partial charge on any atom is -0.316 e. The first-order chi connectivity index (χ1) is 13.7. The second kappa shape index (κ2) is 7.21. The lowest BCUT2D eigenvalue weighted by atomic mass is 9.80. The number of pyridine rings is 1. The van der Waals surface area contributed by atoms with Crippen LogP contribution in [0.5, 0.6) is 0 Å². The Morgan fingerprint density at radius 1 is 1.14 bits per heavy atom. The fourth-order valence-electron chi connectivity index (χ4n) is 4.82. The molecule has 2 heterocycles. The van der Waals surface area contributed by atoms with Crippen molar-refractivity contribution in [3.63, 3.8) is 0 Å². The summed E-state index contributed by atoms with van der Waals surface area (Å²) in [5.74, 6) is 0.552. The largest absolute Gasteiger partial charge is 0.316 e. The smallest absolute Gasteiger partial charge is 0.253 e. The van der Waals surface area contributed by atoms with Gasteiger partial charge in [-0.15, -0.1) is 0 Å². The van der Waals surface area contributed by atoms with Crippen molar-refractivity contribution in [2.24, 2.45) is 0 Å². The number of H-pyrrole nitrogens is 1. The maximum absolute atomic E-state index is 12.8. The molecule has 0 atom stereocenters. The average molecular weight is 377 g/mol. The van der Waals surface area contributed by atoms with Crippen molar-refractivity contribution in [3.8, 4) is 0 Å². The summed E-state index contributed by atoms with van der Waals surface area (Å²) >= 11 is 0. The van der Waals surface area contributed by atoms with Crippen LogP contribution in [0, 0.1) is 0 Å². The molecule has 0 saturated heterocycles. The number of aromatic nitrogens is 3. The number of aromatic amines is 1. The lowest BCUT2D eigenvalue weighted by Crippen LogP contribution is -2.20. The molecule has 0 unspecified atom stereocenters. The number of nitrogens with zero attached hydrogens (tertiary/aromatic N) is 2. The summed E-state index contributed by atoms with van der Waals surface area (Å²) in [6.07, 6.45) is 7.94. The summed E-state index contributed by atoms with van der Waals surface area (Å²) in [5.41, 5.74) is 7.01. The van der Waals surface area contributed by atoms with Crippen LogP contribution >= 0.6 is 0 Å². The quantitative estimate of drug-likeness (QED) is 0.715. The number of rotatable bonds is 5. The van der Waals surface area contributed by atoms with Gasteiger partial charge in [-0.25, -0.2) is 4.68 Å². The molecular weight excluding hydrogens is 348 g/mol. The molecule has 3 aromatic rings. The Hall–Kier alpha value is -2.40. The Labute approximate surface area is 165 Å². The molecule has 5 rings (SSSR count). The highest BCUT2D eigenvalue weighted by Gasteiger charge is 2.29. The van der Waals surface area contributed by atoms with E-state index in [-0.39, 0.29) is 5.56 Å². The van der Waals surface area contributed by atoms with E-state index in [1.807, 2.05) is 11.7 Å². The van der Waals surface area contributed by atoms with Crippen molar-refractivity contribution in [2.75, 3.05) is 7.05 Å². The van der Waals surface area contributed by atoms with Crippen molar-refractivity contribution in [1.82, 2.24) is 20.1 Å². The van der Waals surface area contributed by atoms with Crippen LogP contribution in [0.2, 0.25) is 0 Å². The monoisotopic (exact) mass is 376 g/mol. The van der Waals surface area contributed by atoms with Gasteiger partial charge in [-0.3, -0.25) is 4.79 Å². The highest BCUT2D eigenvalue weighted by Crippen LogP contribution is 2.41. The molecule has 0 aliphatic heterocycles. The lowest BCUT2D eigenvalue weighted by Gasteiger charge is -2.25. The van der Waals surface area contributed by atoms with E-state index in [0.29, 0.717) is 12.5 Å². The predicted molar refractivity (Wildman–Crippen MR) is 112 cm³/mol. The van der Waals surface area contributed by atoms with Gasteiger partial charge in [-0.1, -0.05) is 30.7 Å². The Kier molecular flexibility index (Phi) is 4.55. The topological polar surface area (TPSA) is 62.7 Å². The van der Waals surface area contributed by atoms with E-state index in [2.05, 4.69) is 34.6 Å². The molecule has 146 valence electrons. The van der Waals surface area contributed by atoms with Crippen LogP contribution in [-0.4, -0.2) is 21.8 Å². The first-order valence-corrected chi connectivity index (χ1v) is 10.6. The predicted octanol–water partition coefficient (Wildman–Crippen LogP) is 3.64. The third-order valence-electron chi connectivity index (χ3n) is 6.45. The van der Waals surface area contributed by atoms with Gasteiger partial charge in [0.15, 0.2) is 0 Å². The van der Waals surface area contributed by atoms with E-state index in [1.54, 1.807) is 0 Å². The molecular formula is C23H28N4O. The van der Waals surface area contributed by atoms with E-state index < -0.39 is 0 Å². The van der Waals surface area contributed by atoms with Crippen LogP contribution in [0.4, 0.5) is 0 Å². The number of aryl methyl sites for hydroxylation is 1. The highest BCUT2D eigenvalue weighted by molar-refractivity contribution is 5.84. The van der Waals surface area contributed by atoms with Gasteiger partial charge in [-0.2, -0.15) is 5.10 Å². The van der Waals surface area contributed by atoms with Crippen LogP contribution in [0.25, 0.3) is 11.0 Å². The standard InChI is InChI=1S/C23H28N4O/c1-24-13-15-6-4-7-16(12-15)14-27-22-20(21(26-27)17-8-5-9-17)18-10-2-3-11-19(18)23(28)25-22/h4,6-7,12,17,24H,2-3,5,8-11,13-14H2,1H3,(H,25,28). The maximum atomic E-state index is 12.8. The molecule has 0 spiro atoms. The third kappa shape index (κ3) is 2.98. The van der Waals surface area contributed by atoms with Gasteiger partial charge < -0.3 is 10.3 Å². The van der Waals surface area contributed by atoms with Crippen LogP contribution in [0.1, 0.15) is 66.0 Å². The number of hydrogen-bond acceptors (Lipinski definition) is 3. The zero-order valence-corrected chi connectivity index (χ0v) is 16.6. The van der Waals surface area contributed by atoms with E-state index >= 15 is 0 Å². The summed E-state index contributed by atoms with van der Waals surface area (Å²) < 4.78 is 2.04. The van der Waals surface area contributed by atoms with Crippen LogP contribution < -0.4 is 10.9 Å². The molecule has 5 heteroatoms. The first-order valence-electron chi connectivity index (χ1n) is 10.6. The summed E-state index contributed by atoms with van der Waals surface area (Å²) in [6.45, 7) is 1.54. The summed E-state index contributed by atoms with van der Waals surface area (Å²) in [7, 11) is 1.96. The van der Waals surface area contributed by atoms with E-state index in [1.165, 1.54) is 53.5 Å². The van der Waals surface area contributed by atoms with Gasteiger partial charge in [0, 0.05) is 23.4 Å². The molecule has 2 aliphatic carbocycles. The molecule has 5 nitrogen and oxygen atoms in total. The fraction of sp³-hybridized carbons (Fsp3) is 0.478. The molecule has 28 heavy (non-hydrogen) atoms. The summed E-state index contributed by atoms with van der Waals surface area (Å²) in [5, 5.41) is 9.53. The van der Waals surface area contributed by atoms with Gasteiger partial charge in [-0.05, 0) is 62.3 Å². The van der Waals surface area contributed by atoms with Crippen molar-refractivity contribution in [1.29, 1.82) is 0 Å².